The van der Waals surface area contributed by atoms with Crippen LogP contribution < -0.4 is 10.2 Å². The first kappa shape index (κ1) is 17.0. The molecular weight excluding hydrogens is 320 g/mol. The van der Waals surface area contributed by atoms with Gasteiger partial charge in [-0.3, -0.25) is 9.89 Å². The summed E-state index contributed by atoms with van der Waals surface area (Å²) in [6.07, 6.45) is 1.52. The van der Waals surface area contributed by atoms with E-state index < -0.39 is 12.1 Å². The second kappa shape index (κ2) is 7.38. The van der Waals surface area contributed by atoms with E-state index in [2.05, 4.69) is 20.4 Å². The number of nitrogens with one attached hydrogen (secondary N) is 2. The van der Waals surface area contributed by atoms with Gasteiger partial charge in [-0.2, -0.15) is 5.10 Å². The zero-order chi connectivity index (χ0) is 17.8. The summed E-state index contributed by atoms with van der Waals surface area (Å²) in [6, 6.07) is 9.27. The molecule has 1 fully saturated rings. The minimum atomic E-state index is -0.914. The molecule has 0 radical (unpaired) electrons. The smallest absolute Gasteiger partial charge is 0.359 e. The Morgan fingerprint density at radius 3 is 2.52 bits per heavy atom. The van der Waals surface area contributed by atoms with Crippen LogP contribution in [0.25, 0.3) is 0 Å². The predicted octanol–water partition coefficient (Wildman–Crippen LogP) is 2.50. The van der Waals surface area contributed by atoms with Gasteiger partial charge in [-0.1, -0.05) is 0 Å². The number of rotatable bonds is 5. The molecule has 2 N–H and O–H groups in total. The van der Waals surface area contributed by atoms with Crippen LogP contribution in [-0.4, -0.2) is 41.3 Å². The fourth-order valence-corrected chi connectivity index (χ4v) is 2.77. The zero-order valence-corrected chi connectivity index (χ0v) is 14.4. The zero-order valence-electron chi connectivity index (χ0n) is 14.4. The van der Waals surface area contributed by atoms with Crippen molar-refractivity contribution in [1.82, 2.24) is 10.2 Å². The van der Waals surface area contributed by atoms with Gasteiger partial charge >= 0.3 is 5.97 Å². The molecule has 2 heterocycles. The number of aromatic nitrogens is 2. The number of anilines is 2. The van der Waals surface area contributed by atoms with Crippen LogP contribution in [0.5, 0.6) is 0 Å². The van der Waals surface area contributed by atoms with Gasteiger partial charge in [0.05, 0.1) is 0 Å². The third-order valence-electron chi connectivity index (χ3n) is 4.17. The van der Waals surface area contributed by atoms with Gasteiger partial charge in [-0.05, 0) is 57.0 Å². The lowest BCUT2D eigenvalue weighted by molar-refractivity contribution is -0.123. The number of carbonyl (C=O) groups is 2. The van der Waals surface area contributed by atoms with Gasteiger partial charge in [0.25, 0.3) is 5.91 Å². The summed E-state index contributed by atoms with van der Waals surface area (Å²) in [5.74, 6) is -1.01. The standard InChI is InChI=1S/C18H22N4O3/c1-12-11-16(21-20-12)18(24)25-13(2)17(23)19-14-5-7-15(8-6-14)22-9-3-4-10-22/h5-8,11,13H,3-4,9-10H2,1-2H3,(H,19,23)(H,20,21). The molecule has 1 aliphatic rings. The quantitative estimate of drug-likeness (QED) is 0.815. The van der Waals surface area contributed by atoms with Crippen LogP contribution in [-0.2, 0) is 9.53 Å². The van der Waals surface area contributed by atoms with E-state index in [9.17, 15) is 9.59 Å². The number of nitrogens with zero attached hydrogens (tertiary/aromatic N) is 2. The summed E-state index contributed by atoms with van der Waals surface area (Å²) in [4.78, 5) is 26.4. The average Bonchev–Trinajstić information content (AvgIpc) is 3.27. The van der Waals surface area contributed by atoms with Gasteiger partial charge in [0.2, 0.25) is 0 Å². The highest BCUT2D eigenvalue weighted by Gasteiger charge is 2.20. The van der Waals surface area contributed by atoms with Crippen molar-refractivity contribution in [2.45, 2.75) is 32.8 Å². The number of aryl methyl sites for hydroxylation is 1. The monoisotopic (exact) mass is 342 g/mol. The number of H-pyrrole nitrogens is 1. The highest BCUT2D eigenvalue weighted by molar-refractivity contribution is 5.96. The molecule has 0 spiro atoms. The third kappa shape index (κ3) is 4.17. The Labute approximate surface area is 146 Å². The second-order valence-corrected chi connectivity index (χ2v) is 6.21. The van der Waals surface area contributed by atoms with E-state index in [1.165, 1.54) is 19.8 Å². The molecule has 0 aliphatic carbocycles. The van der Waals surface area contributed by atoms with Crippen molar-refractivity contribution in [1.29, 1.82) is 0 Å². The predicted molar refractivity (Wildman–Crippen MR) is 94.7 cm³/mol. The lowest BCUT2D eigenvalue weighted by Crippen LogP contribution is -2.30. The van der Waals surface area contributed by atoms with Crippen LogP contribution in [0.1, 0.15) is 35.9 Å². The fourth-order valence-electron chi connectivity index (χ4n) is 2.77. The van der Waals surface area contributed by atoms with Crippen LogP contribution in [0.15, 0.2) is 30.3 Å². The van der Waals surface area contributed by atoms with E-state index in [0.717, 1.165) is 24.5 Å². The molecule has 25 heavy (non-hydrogen) atoms. The van der Waals surface area contributed by atoms with Crippen molar-refractivity contribution in [2.24, 2.45) is 0 Å². The van der Waals surface area contributed by atoms with E-state index in [4.69, 9.17) is 4.74 Å². The Morgan fingerprint density at radius 1 is 1.24 bits per heavy atom. The topological polar surface area (TPSA) is 87.3 Å². The van der Waals surface area contributed by atoms with Gasteiger partial charge in [0.1, 0.15) is 0 Å². The van der Waals surface area contributed by atoms with Crippen molar-refractivity contribution in [3.63, 3.8) is 0 Å². The van der Waals surface area contributed by atoms with E-state index in [0.29, 0.717) is 5.69 Å². The van der Waals surface area contributed by atoms with Gasteiger partial charge < -0.3 is 15.0 Å². The third-order valence-corrected chi connectivity index (χ3v) is 4.17. The fraction of sp³-hybridized carbons (Fsp3) is 0.389. The summed E-state index contributed by atoms with van der Waals surface area (Å²) in [6.45, 7) is 5.47. The number of hydrogen-bond acceptors (Lipinski definition) is 5. The number of ether oxygens (including phenoxy) is 1. The normalized spacial score (nSPS) is 15.0. The van der Waals surface area contributed by atoms with Crippen molar-refractivity contribution >= 4 is 23.3 Å². The second-order valence-electron chi connectivity index (χ2n) is 6.21. The lowest BCUT2D eigenvalue weighted by Gasteiger charge is -2.18. The molecule has 1 aromatic carbocycles. The number of carbonyl (C=O) groups excluding carboxylic acids is 2. The van der Waals surface area contributed by atoms with Crippen LogP contribution in [0.3, 0.4) is 0 Å². The van der Waals surface area contributed by atoms with E-state index >= 15 is 0 Å². The SMILES string of the molecule is Cc1cc(C(=O)OC(C)C(=O)Nc2ccc(N3CCCC3)cc2)n[nH]1. The van der Waals surface area contributed by atoms with Crippen LogP contribution >= 0.6 is 0 Å². The van der Waals surface area contributed by atoms with Gasteiger partial charge in [0.15, 0.2) is 11.8 Å². The molecule has 1 atom stereocenters. The largest absolute Gasteiger partial charge is 0.448 e. The first-order valence-corrected chi connectivity index (χ1v) is 8.42. The minimum absolute atomic E-state index is 0.159. The minimum Gasteiger partial charge on any atom is -0.448 e. The molecule has 1 aromatic heterocycles. The first-order valence-electron chi connectivity index (χ1n) is 8.42. The molecule has 1 aliphatic heterocycles. The average molecular weight is 342 g/mol. The molecule has 3 rings (SSSR count). The number of benzene rings is 1. The van der Waals surface area contributed by atoms with Crippen LogP contribution in [0.2, 0.25) is 0 Å². The summed E-state index contributed by atoms with van der Waals surface area (Å²) < 4.78 is 5.15. The van der Waals surface area contributed by atoms with E-state index in [1.807, 2.05) is 24.3 Å². The van der Waals surface area contributed by atoms with Crippen molar-refractivity contribution in [3.05, 3.63) is 41.7 Å². The van der Waals surface area contributed by atoms with Crippen LogP contribution in [0.4, 0.5) is 11.4 Å². The van der Waals surface area contributed by atoms with Crippen molar-refractivity contribution in [3.8, 4) is 0 Å². The molecule has 2 aromatic rings. The molecule has 0 saturated carbocycles. The molecular formula is C18H22N4O3. The maximum absolute atomic E-state index is 12.2. The van der Waals surface area contributed by atoms with Crippen LogP contribution in [0, 0.1) is 6.92 Å². The Balaban J connectivity index is 1.54. The highest BCUT2D eigenvalue weighted by atomic mass is 16.5. The van der Waals surface area contributed by atoms with Gasteiger partial charge in [-0.25, -0.2) is 4.79 Å². The summed E-state index contributed by atoms with van der Waals surface area (Å²) in [5.41, 5.74) is 2.74. The van der Waals surface area contributed by atoms with Gasteiger partial charge in [-0.15, -0.1) is 0 Å². The molecule has 132 valence electrons. The number of esters is 1. The summed E-state index contributed by atoms with van der Waals surface area (Å²) in [5, 5.41) is 9.25. The molecule has 1 saturated heterocycles. The summed E-state index contributed by atoms with van der Waals surface area (Å²) >= 11 is 0. The van der Waals surface area contributed by atoms with Crippen molar-refractivity contribution in [2.75, 3.05) is 23.3 Å². The number of aromatic amines is 1. The maximum Gasteiger partial charge on any atom is 0.359 e. The Morgan fingerprint density at radius 2 is 1.92 bits per heavy atom. The summed E-state index contributed by atoms with van der Waals surface area (Å²) in [7, 11) is 0. The Kier molecular flexibility index (Phi) is 5.02. The highest BCUT2D eigenvalue weighted by Crippen LogP contribution is 2.22. The first-order chi connectivity index (χ1) is 12.0. The number of hydrogen-bond donors (Lipinski definition) is 2. The molecule has 0 bridgehead atoms. The van der Waals surface area contributed by atoms with E-state index in [-0.39, 0.29) is 11.6 Å². The lowest BCUT2D eigenvalue weighted by atomic mass is 10.2. The maximum atomic E-state index is 12.2. The molecule has 7 nitrogen and oxygen atoms in total. The van der Waals surface area contributed by atoms with E-state index in [1.54, 1.807) is 13.0 Å². The number of amides is 1. The molecule has 1 amide bonds. The Hall–Kier alpha value is -2.83. The Bertz CT molecular complexity index is 748. The van der Waals surface area contributed by atoms with Gasteiger partial charge in [0, 0.05) is 30.2 Å². The molecule has 7 heteroatoms. The van der Waals surface area contributed by atoms with Crippen molar-refractivity contribution < 1.29 is 14.3 Å². The molecule has 1 unspecified atom stereocenters.